The first-order valence-electron chi connectivity index (χ1n) is 6.29. The molecule has 18 heavy (non-hydrogen) atoms. The Morgan fingerprint density at radius 1 is 1.61 bits per heavy atom. The molecule has 0 bridgehead atoms. The average Bonchev–Trinajstić information content (AvgIpc) is 2.76. The molecule has 1 aliphatic heterocycles. The molecule has 2 N–H and O–H groups in total. The number of carbonyl (C=O) groups is 1. The Morgan fingerprint density at radius 2 is 2.44 bits per heavy atom. The Hall–Kier alpha value is -1.62. The van der Waals surface area contributed by atoms with Gasteiger partial charge >= 0.3 is 0 Å². The highest BCUT2D eigenvalue weighted by Gasteiger charge is 2.22. The summed E-state index contributed by atoms with van der Waals surface area (Å²) in [5, 5.41) is 6.02. The molecule has 5 nitrogen and oxygen atoms in total. The average molecular weight is 248 g/mol. The summed E-state index contributed by atoms with van der Waals surface area (Å²) in [5.41, 5.74) is 1.25. The Morgan fingerprint density at radius 3 is 3.17 bits per heavy atom. The summed E-state index contributed by atoms with van der Waals surface area (Å²) in [6.45, 7) is 4.44. The van der Waals surface area contributed by atoms with Gasteiger partial charge < -0.3 is 10.6 Å². The van der Waals surface area contributed by atoms with Crippen LogP contribution in [0.1, 0.15) is 18.9 Å². The lowest BCUT2D eigenvalue weighted by Gasteiger charge is -2.16. The van der Waals surface area contributed by atoms with Crippen molar-refractivity contribution in [2.24, 2.45) is 0 Å². The van der Waals surface area contributed by atoms with Crippen LogP contribution in [-0.4, -0.2) is 42.0 Å². The van der Waals surface area contributed by atoms with E-state index in [1.165, 1.54) is 5.56 Å². The van der Waals surface area contributed by atoms with Crippen molar-refractivity contribution in [2.75, 3.05) is 25.5 Å². The van der Waals surface area contributed by atoms with Crippen molar-refractivity contribution < 1.29 is 4.79 Å². The lowest BCUT2D eigenvalue weighted by Crippen LogP contribution is -2.35. The van der Waals surface area contributed by atoms with Gasteiger partial charge in [0.25, 0.3) is 0 Å². The van der Waals surface area contributed by atoms with E-state index in [1.807, 2.05) is 19.3 Å². The number of carbonyl (C=O) groups excluding carboxylic acids is 1. The molecule has 2 rings (SSSR count). The number of pyridine rings is 1. The number of hydrogen-bond donors (Lipinski definition) is 2. The first-order chi connectivity index (χ1) is 8.67. The van der Waals surface area contributed by atoms with Crippen LogP contribution in [0.5, 0.6) is 0 Å². The maximum Gasteiger partial charge on any atom is 0.217 e. The van der Waals surface area contributed by atoms with E-state index in [9.17, 15) is 4.79 Å². The molecule has 1 fully saturated rings. The molecule has 1 aromatic heterocycles. The van der Waals surface area contributed by atoms with E-state index in [0.717, 1.165) is 31.9 Å². The van der Waals surface area contributed by atoms with Gasteiger partial charge in [-0.25, -0.2) is 4.98 Å². The van der Waals surface area contributed by atoms with Gasteiger partial charge in [-0.05, 0) is 24.1 Å². The number of nitrogens with one attached hydrogen (secondary N) is 2. The molecule has 1 saturated heterocycles. The molecule has 2 heterocycles. The fourth-order valence-corrected chi connectivity index (χ4v) is 2.35. The van der Waals surface area contributed by atoms with Gasteiger partial charge in [0, 0.05) is 45.8 Å². The third-order valence-corrected chi connectivity index (χ3v) is 3.17. The van der Waals surface area contributed by atoms with Crippen molar-refractivity contribution in [3.63, 3.8) is 0 Å². The predicted octanol–water partition coefficient (Wildman–Crippen LogP) is 0.834. The molecule has 1 aromatic rings. The molecule has 1 amide bonds. The van der Waals surface area contributed by atoms with Crippen LogP contribution in [0.3, 0.4) is 0 Å². The number of hydrogen-bond acceptors (Lipinski definition) is 4. The molecule has 98 valence electrons. The van der Waals surface area contributed by atoms with Gasteiger partial charge in [-0.15, -0.1) is 0 Å². The summed E-state index contributed by atoms with van der Waals surface area (Å²) in [7, 11) is 1.87. The van der Waals surface area contributed by atoms with Crippen molar-refractivity contribution in [1.29, 1.82) is 0 Å². The van der Waals surface area contributed by atoms with Crippen molar-refractivity contribution >= 4 is 11.7 Å². The second-order valence-corrected chi connectivity index (χ2v) is 4.72. The molecule has 0 saturated carbocycles. The Labute approximate surface area is 108 Å². The van der Waals surface area contributed by atoms with E-state index in [-0.39, 0.29) is 5.91 Å². The van der Waals surface area contributed by atoms with Crippen LogP contribution in [-0.2, 0) is 11.3 Å². The second kappa shape index (κ2) is 5.82. The smallest absolute Gasteiger partial charge is 0.217 e. The van der Waals surface area contributed by atoms with Gasteiger partial charge in [-0.1, -0.05) is 0 Å². The fraction of sp³-hybridized carbons (Fsp3) is 0.538. The molecular formula is C13H20N4O. The number of anilines is 1. The lowest BCUT2D eigenvalue weighted by molar-refractivity contribution is -0.119. The van der Waals surface area contributed by atoms with Gasteiger partial charge in [-0.3, -0.25) is 9.69 Å². The van der Waals surface area contributed by atoms with Crippen LogP contribution in [0.15, 0.2) is 18.3 Å². The summed E-state index contributed by atoms with van der Waals surface area (Å²) in [6, 6.07) is 4.39. The molecule has 5 heteroatoms. The van der Waals surface area contributed by atoms with Crippen molar-refractivity contribution in [3.8, 4) is 0 Å². The second-order valence-electron chi connectivity index (χ2n) is 4.72. The van der Waals surface area contributed by atoms with Crippen LogP contribution >= 0.6 is 0 Å². The SMILES string of the molecule is CNc1cc(CN2CCC(NC(C)=O)C2)ccn1. The van der Waals surface area contributed by atoms with Crippen LogP contribution in [0.25, 0.3) is 0 Å². The summed E-state index contributed by atoms with van der Waals surface area (Å²) in [4.78, 5) is 17.6. The van der Waals surface area contributed by atoms with Crippen LogP contribution in [0.2, 0.25) is 0 Å². The summed E-state index contributed by atoms with van der Waals surface area (Å²) in [6.07, 6.45) is 2.85. The van der Waals surface area contributed by atoms with Crippen LogP contribution < -0.4 is 10.6 Å². The van der Waals surface area contributed by atoms with Crippen molar-refractivity contribution in [3.05, 3.63) is 23.9 Å². The van der Waals surface area contributed by atoms with Gasteiger partial charge in [0.1, 0.15) is 5.82 Å². The molecule has 1 aliphatic rings. The zero-order chi connectivity index (χ0) is 13.0. The predicted molar refractivity (Wildman–Crippen MR) is 71.3 cm³/mol. The van der Waals surface area contributed by atoms with E-state index < -0.39 is 0 Å². The molecule has 1 atom stereocenters. The Bertz CT molecular complexity index is 421. The zero-order valence-electron chi connectivity index (χ0n) is 10.9. The van der Waals surface area contributed by atoms with Gasteiger partial charge in [0.05, 0.1) is 0 Å². The highest BCUT2D eigenvalue weighted by Crippen LogP contribution is 2.14. The molecule has 0 spiro atoms. The third kappa shape index (κ3) is 3.43. The molecule has 0 aliphatic carbocycles. The number of rotatable bonds is 4. The monoisotopic (exact) mass is 248 g/mol. The fourth-order valence-electron chi connectivity index (χ4n) is 2.35. The van der Waals surface area contributed by atoms with E-state index in [4.69, 9.17) is 0 Å². The number of nitrogens with zero attached hydrogens (tertiary/aromatic N) is 2. The quantitative estimate of drug-likeness (QED) is 0.829. The normalized spacial score (nSPS) is 19.8. The standard InChI is InChI=1S/C13H20N4O/c1-10(18)16-12-4-6-17(9-12)8-11-3-5-15-13(7-11)14-2/h3,5,7,12H,4,6,8-9H2,1-2H3,(H,14,15)(H,16,18). The minimum absolute atomic E-state index is 0.0585. The molecule has 0 radical (unpaired) electrons. The van der Waals surface area contributed by atoms with Crippen molar-refractivity contribution in [2.45, 2.75) is 25.9 Å². The molecule has 1 unspecified atom stereocenters. The zero-order valence-corrected chi connectivity index (χ0v) is 10.9. The summed E-state index contributed by atoms with van der Waals surface area (Å²) < 4.78 is 0. The van der Waals surface area contributed by atoms with E-state index in [1.54, 1.807) is 6.92 Å². The topological polar surface area (TPSA) is 57.3 Å². The van der Waals surface area contributed by atoms with Gasteiger partial charge in [0.15, 0.2) is 0 Å². The number of amides is 1. The Balaban J connectivity index is 1.88. The molecule has 0 aromatic carbocycles. The summed E-state index contributed by atoms with van der Waals surface area (Å²) in [5.74, 6) is 0.952. The largest absolute Gasteiger partial charge is 0.373 e. The Kier molecular flexibility index (Phi) is 4.15. The van der Waals surface area contributed by atoms with Gasteiger partial charge in [0.2, 0.25) is 5.91 Å². The highest BCUT2D eigenvalue weighted by molar-refractivity contribution is 5.73. The van der Waals surface area contributed by atoms with Crippen LogP contribution in [0, 0.1) is 0 Å². The van der Waals surface area contributed by atoms with E-state index in [0.29, 0.717) is 6.04 Å². The van der Waals surface area contributed by atoms with E-state index >= 15 is 0 Å². The third-order valence-electron chi connectivity index (χ3n) is 3.17. The maximum atomic E-state index is 11.0. The minimum Gasteiger partial charge on any atom is -0.373 e. The minimum atomic E-state index is 0.0585. The lowest BCUT2D eigenvalue weighted by atomic mass is 10.2. The number of aromatic nitrogens is 1. The van der Waals surface area contributed by atoms with Crippen LogP contribution in [0.4, 0.5) is 5.82 Å². The first kappa shape index (κ1) is 12.8. The first-order valence-corrected chi connectivity index (χ1v) is 6.29. The molecular weight excluding hydrogens is 228 g/mol. The maximum absolute atomic E-state index is 11.0. The number of likely N-dealkylation sites (tertiary alicyclic amines) is 1. The summed E-state index contributed by atoms with van der Waals surface area (Å²) >= 11 is 0. The highest BCUT2D eigenvalue weighted by atomic mass is 16.1. The van der Waals surface area contributed by atoms with E-state index in [2.05, 4.69) is 26.6 Å². The van der Waals surface area contributed by atoms with Gasteiger partial charge in [-0.2, -0.15) is 0 Å². The van der Waals surface area contributed by atoms with Crippen molar-refractivity contribution in [1.82, 2.24) is 15.2 Å².